The topological polar surface area (TPSA) is 57.2 Å². The quantitative estimate of drug-likeness (QED) is 0.800. The van der Waals surface area contributed by atoms with E-state index in [2.05, 4.69) is 0 Å². The molecule has 1 aromatic heterocycles. The summed E-state index contributed by atoms with van der Waals surface area (Å²) in [5.41, 5.74) is 6.08. The number of aromatic nitrogens is 1. The van der Waals surface area contributed by atoms with Crippen LogP contribution in [0.3, 0.4) is 0 Å². The van der Waals surface area contributed by atoms with Gasteiger partial charge in [-0.05, 0) is 39.3 Å². The summed E-state index contributed by atoms with van der Waals surface area (Å²) in [7, 11) is 0. The summed E-state index contributed by atoms with van der Waals surface area (Å²) < 4.78 is 32.7. The number of hydrogen-bond acceptors (Lipinski definition) is 3. The number of halogens is 2. The van der Waals surface area contributed by atoms with Gasteiger partial charge in [-0.2, -0.15) is 0 Å². The lowest BCUT2D eigenvalue weighted by atomic mass is 10.1. The maximum Gasteiger partial charge on any atom is 0.419 e. The van der Waals surface area contributed by atoms with Crippen LogP contribution in [-0.2, 0) is 4.74 Å². The molecular weight excluding hydrogens is 278 g/mol. The van der Waals surface area contributed by atoms with Crippen molar-refractivity contribution in [3.63, 3.8) is 0 Å². The van der Waals surface area contributed by atoms with Gasteiger partial charge in [-0.1, -0.05) is 6.07 Å². The summed E-state index contributed by atoms with van der Waals surface area (Å²) in [4.78, 5) is 12.2. The SMILES string of the molecule is Cc1ccc(N)c2c1c(C(F)F)cn2C(=O)OC(C)(C)C. The molecule has 114 valence electrons. The Kier molecular flexibility index (Phi) is 3.65. The Bertz CT molecular complexity index is 700. The van der Waals surface area contributed by atoms with Gasteiger partial charge in [0.15, 0.2) is 0 Å². The van der Waals surface area contributed by atoms with Crippen LogP contribution in [0, 0.1) is 6.92 Å². The zero-order valence-electron chi connectivity index (χ0n) is 12.4. The number of ether oxygens (including phenoxy) is 1. The second-order valence-corrected chi connectivity index (χ2v) is 5.93. The fraction of sp³-hybridized carbons (Fsp3) is 0.400. The van der Waals surface area contributed by atoms with Gasteiger partial charge in [0.25, 0.3) is 6.43 Å². The molecule has 1 heterocycles. The minimum absolute atomic E-state index is 0.222. The number of anilines is 1. The molecule has 0 spiro atoms. The zero-order valence-corrected chi connectivity index (χ0v) is 12.4. The van der Waals surface area contributed by atoms with Gasteiger partial charge in [0, 0.05) is 17.1 Å². The summed E-state index contributed by atoms with van der Waals surface area (Å²) in [6.45, 7) is 6.82. The van der Waals surface area contributed by atoms with Crippen LogP contribution < -0.4 is 5.73 Å². The van der Waals surface area contributed by atoms with Crippen molar-refractivity contribution in [2.45, 2.75) is 39.7 Å². The lowest BCUT2D eigenvalue weighted by molar-refractivity contribution is 0.0543. The molecule has 21 heavy (non-hydrogen) atoms. The van der Waals surface area contributed by atoms with Crippen molar-refractivity contribution >= 4 is 22.7 Å². The third-order valence-corrected chi connectivity index (χ3v) is 3.04. The first-order valence-corrected chi connectivity index (χ1v) is 6.53. The first-order valence-electron chi connectivity index (χ1n) is 6.53. The van der Waals surface area contributed by atoms with Crippen LogP contribution in [-0.4, -0.2) is 16.3 Å². The number of aryl methyl sites for hydroxylation is 1. The summed E-state index contributed by atoms with van der Waals surface area (Å²) in [6.07, 6.45) is -2.32. The molecular formula is C15H18F2N2O2. The average Bonchev–Trinajstić information content (AvgIpc) is 2.73. The second-order valence-electron chi connectivity index (χ2n) is 5.93. The number of nitrogens with zero attached hydrogens (tertiary/aromatic N) is 1. The Labute approximate surface area is 121 Å². The van der Waals surface area contributed by atoms with E-state index in [9.17, 15) is 13.6 Å². The van der Waals surface area contributed by atoms with E-state index in [1.165, 1.54) is 0 Å². The van der Waals surface area contributed by atoms with Crippen molar-refractivity contribution in [2.24, 2.45) is 0 Å². The number of carbonyl (C=O) groups is 1. The van der Waals surface area contributed by atoms with Crippen LogP contribution in [0.15, 0.2) is 18.3 Å². The van der Waals surface area contributed by atoms with Crippen LogP contribution in [0.4, 0.5) is 19.3 Å². The maximum atomic E-state index is 13.2. The summed E-state index contributed by atoms with van der Waals surface area (Å²) in [5.74, 6) is 0. The van der Waals surface area contributed by atoms with Crippen LogP contribution in [0.2, 0.25) is 0 Å². The van der Waals surface area contributed by atoms with Crippen molar-refractivity contribution in [1.29, 1.82) is 0 Å². The Hall–Kier alpha value is -2.11. The van der Waals surface area contributed by atoms with E-state index in [0.717, 1.165) is 10.8 Å². The van der Waals surface area contributed by atoms with Crippen molar-refractivity contribution in [2.75, 3.05) is 5.73 Å². The van der Waals surface area contributed by atoms with Crippen molar-refractivity contribution in [3.8, 4) is 0 Å². The van der Waals surface area contributed by atoms with Gasteiger partial charge in [0.2, 0.25) is 0 Å². The van der Waals surface area contributed by atoms with Gasteiger partial charge in [-0.25, -0.2) is 18.1 Å². The Morgan fingerprint density at radius 1 is 1.33 bits per heavy atom. The Morgan fingerprint density at radius 2 is 1.95 bits per heavy atom. The number of nitrogens with two attached hydrogens (primary N) is 1. The second kappa shape index (κ2) is 5.02. The summed E-state index contributed by atoms with van der Waals surface area (Å²) >= 11 is 0. The zero-order chi connectivity index (χ0) is 15.9. The molecule has 6 heteroatoms. The number of rotatable bonds is 1. The van der Waals surface area contributed by atoms with Gasteiger partial charge < -0.3 is 10.5 Å². The van der Waals surface area contributed by atoms with Crippen LogP contribution in [0.5, 0.6) is 0 Å². The Balaban J connectivity index is 2.70. The fourth-order valence-corrected chi connectivity index (χ4v) is 2.22. The first-order chi connectivity index (χ1) is 9.61. The van der Waals surface area contributed by atoms with E-state index < -0.39 is 18.1 Å². The standard InChI is InChI=1S/C15H18F2N2O2/c1-8-5-6-10(18)12-11(8)9(13(16)17)7-19(12)14(20)21-15(2,3)4/h5-7,13H,18H2,1-4H3. The summed E-state index contributed by atoms with van der Waals surface area (Å²) in [6, 6.07) is 3.25. The van der Waals surface area contributed by atoms with E-state index in [1.54, 1.807) is 39.8 Å². The minimum Gasteiger partial charge on any atom is -0.443 e. The molecule has 2 rings (SSSR count). The van der Waals surface area contributed by atoms with Gasteiger partial charge in [-0.3, -0.25) is 0 Å². The molecule has 0 radical (unpaired) electrons. The van der Waals surface area contributed by atoms with E-state index in [-0.39, 0.29) is 16.8 Å². The number of fused-ring (bicyclic) bond motifs is 1. The lowest BCUT2D eigenvalue weighted by Crippen LogP contribution is -2.26. The van der Waals surface area contributed by atoms with E-state index in [4.69, 9.17) is 10.5 Å². The van der Waals surface area contributed by atoms with E-state index in [0.29, 0.717) is 10.9 Å². The number of nitrogen functional groups attached to an aromatic ring is 1. The molecule has 0 bridgehead atoms. The lowest BCUT2D eigenvalue weighted by Gasteiger charge is -2.20. The fourth-order valence-electron chi connectivity index (χ4n) is 2.22. The number of carbonyl (C=O) groups excluding carboxylic acids is 1. The Morgan fingerprint density at radius 3 is 2.48 bits per heavy atom. The predicted octanol–water partition coefficient (Wildman–Crippen LogP) is 4.25. The minimum atomic E-state index is -2.70. The van der Waals surface area contributed by atoms with Crippen molar-refractivity contribution in [1.82, 2.24) is 4.57 Å². The van der Waals surface area contributed by atoms with Crippen LogP contribution in [0.25, 0.3) is 10.9 Å². The molecule has 2 N–H and O–H groups in total. The predicted molar refractivity (Wildman–Crippen MR) is 77.7 cm³/mol. The highest BCUT2D eigenvalue weighted by atomic mass is 19.3. The molecule has 0 aliphatic rings. The molecule has 0 saturated heterocycles. The molecule has 0 atom stereocenters. The smallest absolute Gasteiger partial charge is 0.419 e. The molecule has 0 unspecified atom stereocenters. The number of alkyl halides is 2. The largest absolute Gasteiger partial charge is 0.443 e. The van der Waals surface area contributed by atoms with Gasteiger partial charge in [-0.15, -0.1) is 0 Å². The highest BCUT2D eigenvalue weighted by Gasteiger charge is 2.25. The monoisotopic (exact) mass is 296 g/mol. The maximum absolute atomic E-state index is 13.2. The van der Waals surface area contributed by atoms with Crippen molar-refractivity contribution < 1.29 is 18.3 Å². The number of benzene rings is 1. The van der Waals surface area contributed by atoms with Crippen molar-refractivity contribution in [3.05, 3.63) is 29.5 Å². The molecule has 0 aliphatic carbocycles. The van der Waals surface area contributed by atoms with Crippen LogP contribution >= 0.6 is 0 Å². The third kappa shape index (κ3) is 2.84. The normalized spacial score (nSPS) is 12.1. The molecule has 0 aliphatic heterocycles. The third-order valence-electron chi connectivity index (χ3n) is 3.04. The summed E-state index contributed by atoms with van der Waals surface area (Å²) in [5, 5.41) is 0.302. The van der Waals surface area contributed by atoms with Gasteiger partial charge >= 0.3 is 6.09 Å². The number of hydrogen-bond donors (Lipinski definition) is 1. The van der Waals surface area contributed by atoms with Gasteiger partial charge in [0.1, 0.15) is 5.60 Å². The highest BCUT2D eigenvalue weighted by Crippen LogP contribution is 2.35. The average molecular weight is 296 g/mol. The van der Waals surface area contributed by atoms with E-state index >= 15 is 0 Å². The molecule has 4 nitrogen and oxygen atoms in total. The first kappa shape index (κ1) is 15.3. The van der Waals surface area contributed by atoms with E-state index in [1.807, 2.05) is 0 Å². The molecule has 0 amide bonds. The molecule has 1 aromatic carbocycles. The van der Waals surface area contributed by atoms with Crippen LogP contribution in [0.1, 0.15) is 38.3 Å². The van der Waals surface area contributed by atoms with Gasteiger partial charge in [0.05, 0.1) is 11.2 Å². The molecule has 0 fully saturated rings. The highest BCUT2D eigenvalue weighted by molar-refractivity contribution is 6.00. The molecule has 0 saturated carbocycles. The molecule has 2 aromatic rings.